The lowest BCUT2D eigenvalue weighted by Crippen LogP contribution is -2.19. The van der Waals surface area contributed by atoms with E-state index in [0.717, 1.165) is 22.8 Å². The van der Waals surface area contributed by atoms with E-state index in [2.05, 4.69) is 16.0 Å². The Balaban J connectivity index is 1.97. The van der Waals surface area contributed by atoms with Crippen molar-refractivity contribution in [2.24, 2.45) is 0 Å². The zero-order valence-electron chi connectivity index (χ0n) is 9.48. The summed E-state index contributed by atoms with van der Waals surface area (Å²) in [5, 5.41) is 1.29. The van der Waals surface area contributed by atoms with Crippen molar-refractivity contribution < 1.29 is 0 Å². The fraction of sp³-hybridized carbons (Fsp3) is 0.0714. The molecule has 0 saturated heterocycles. The van der Waals surface area contributed by atoms with Gasteiger partial charge < -0.3 is 4.90 Å². The number of benzene rings is 1. The van der Waals surface area contributed by atoms with Crippen LogP contribution in [0.25, 0.3) is 6.08 Å². The van der Waals surface area contributed by atoms with Crippen LogP contribution in [0.2, 0.25) is 10.2 Å². The van der Waals surface area contributed by atoms with E-state index in [1.54, 1.807) is 6.20 Å². The van der Waals surface area contributed by atoms with Crippen molar-refractivity contribution in [1.29, 1.82) is 0 Å². The van der Waals surface area contributed by atoms with Gasteiger partial charge in [-0.2, -0.15) is 0 Å². The predicted octanol–water partition coefficient (Wildman–Crippen LogP) is 4.38. The Bertz CT molecular complexity index is 623. The number of fused-ring (bicyclic) bond motifs is 1. The molecule has 18 heavy (non-hydrogen) atoms. The molecule has 1 aromatic heterocycles. The van der Waals surface area contributed by atoms with Gasteiger partial charge >= 0.3 is 0 Å². The van der Waals surface area contributed by atoms with Crippen molar-refractivity contribution in [3.05, 3.63) is 64.0 Å². The molecule has 1 aliphatic heterocycles. The quantitative estimate of drug-likeness (QED) is 0.719. The molecule has 0 atom stereocenters. The van der Waals surface area contributed by atoms with Crippen LogP contribution in [-0.2, 0) is 6.54 Å². The molecule has 2 heterocycles. The highest BCUT2D eigenvalue weighted by molar-refractivity contribution is 6.32. The topological polar surface area (TPSA) is 16.1 Å². The summed E-state index contributed by atoms with van der Waals surface area (Å²) in [7, 11) is 0. The number of hydrogen-bond acceptors (Lipinski definition) is 2. The molecule has 0 amide bonds. The lowest BCUT2D eigenvalue weighted by Gasteiger charge is -2.25. The SMILES string of the molecule is Clc1cc(N2C=Cc3c(Cl)cccc3C2)ccn1. The largest absolute Gasteiger partial charge is 0.343 e. The summed E-state index contributed by atoms with van der Waals surface area (Å²) in [6, 6.07) is 9.75. The Kier molecular flexibility index (Phi) is 2.98. The van der Waals surface area contributed by atoms with Gasteiger partial charge in [0, 0.05) is 29.7 Å². The summed E-state index contributed by atoms with van der Waals surface area (Å²) in [5.74, 6) is 0. The van der Waals surface area contributed by atoms with Gasteiger partial charge in [0.05, 0.1) is 0 Å². The van der Waals surface area contributed by atoms with Crippen molar-refractivity contribution in [3.8, 4) is 0 Å². The van der Waals surface area contributed by atoms with Crippen LogP contribution >= 0.6 is 23.2 Å². The highest BCUT2D eigenvalue weighted by Crippen LogP contribution is 2.29. The van der Waals surface area contributed by atoms with E-state index in [0.29, 0.717) is 5.15 Å². The number of nitrogens with zero attached hydrogens (tertiary/aromatic N) is 2. The zero-order valence-corrected chi connectivity index (χ0v) is 11.0. The van der Waals surface area contributed by atoms with Crippen LogP contribution in [0.4, 0.5) is 5.69 Å². The molecule has 2 aromatic rings. The van der Waals surface area contributed by atoms with Gasteiger partial charge in [0.15, 0.2) is 0 Å². The second kappa shape index (κ2) is 4.63. The summed E-state index contributed by atoms with van der Waals surface area (Å²) < 4.78 is 0. The number of hydrogen-bond donors (Lipinski definition) is 0. The van der Waals surface area contributed by atoms with E-state index >= 15 is 0 Å². The standard InChI is InChI=1S/C14H10Cl2N2/c15-13-3-1-2-10-9-18(7-5-12(10)13)11-4-6-17-14(16)8-11/h1-8H,9H2. The lowest BCUT2D eigenvalue weighted by molar-refractivity contribution is 0.952. The molecule has 1 aromatic carbocycles. The first-order valence-electron chi connectivity index (χ1n) is 5.58. The molecule has 2 nitrogen and oxygen atoms in total. The van der Waals surface area contributed by atoms with E-state index in [1.807, 2.05) is 36.5 Å². The summed E-state index contributed by atoms with van der Waals surface area (Å²) >= 11 is 12.1. The predicted molar refractivity (Wildman–Crippen MR) is 75.9 cm³/mol. The fourth-order valence-electron chi connectivity index (χ4n) is 2.06. The Hall–Kier alpha value is -1.51. The number of aromatic nitrogens is 1. The van der Waals surface area contributed by atoms with Crippen molar-refractivity contribution in [2.75, 3.05) is 4.90 Å². The fourth-order valence-corrected chi connectivity index (χ4v) is 2.48. The zero-order chi connectivity index (χ0) is 12.5. The van der Waals surface area contributed by atoms with Crippen LogP contribution in [0.15, 0.2) is 42.7 Å². The van der Waals surface area contributed by atoms with Crippen molar-refractivity contribution >= 4 is 35.0 Å². The minimum absolute atomic E-state index is 0.498. The molecule has 3 rings (SSSR count). The maximum atomic E-state index is 6.16. The molecule has 0 N–H and O–H groups in total. The van der Waals surface area contributed by atoms with E-state index in [4.69, 9.17) is 23.2 Å². The van der Waals surface area contributed by atoms with Gasteiger partial charge in [-0.3, -0.25) is 0 Å². The van der Waals surface area contributed by atoms with Gasteiger partial charge in [-0.25, -0.2) is 4.98 Å². The molecule has 1 aliphatic rings. The summed E-state index contributed by atoms with van der Waals surface area (Å²) in [6.07, 6.45) is 5.74. The third-order valence-electron chi connectivity index (χ3n) is 2.95. The molecule has 0 radical (unpaired) electrons. The maximum absolute atomic E-state index is 6.16. The molecule has 0 saturated carbocycles. The normalized spacial score (nSPS) is 13.6. The van der Waals surface area contributed by atoms with Gasteiger partial charge in [-0.05, 0) is 35.4 Å². The number of anilines is 1. The highest BCUT2D eigenvalue weighted by Gasteiger charge is 2.14. The Morgan fingerprint density at radius 3 is 2.89 bits per heavy atom. The van der Waals surface area contributed by atoms with E-state index in [1.165, 1.54) is 5.56 Å². The van der Waals surface area contributed by atoms with Crippen LogP contribution < -0.4 is 4.90 Å². The summed E-state index contributed by atoms with van der Waals surface area (Å²) in [5.41, 5.74) is 3.32. The molecule has 4 heteroatoms. The monoisotopic (exact) mass is 276 g/mol. The van der Waals surface area contributed by atoms with Crippen LogP contribution in [0.1, 0.15) is 11.1 Å². The molecular weight excluding hydrogens is 267 g/mol. The molecule has 0 bridgehead atoms. The van der Waals surface area contributed by atoms with Crippen LogP contribution in [0.5, 0.6) is 0 Å². The summed E-state index contributed by atoms with van der Waals surface area (Å²) in [4.78, 5) is 6.10. The second-order valence-corrected chi connectivity index (χ2v) is 4.89. The Morgan fingerprint density at radius 1 is 1.17 bits per heavy atom. The van der Waals surface area contributed by atoms with Gasteiger partial charge in [-0.15, -0.1) is 0 Å². The molecule has 0 unspecified atom stereocenters. The highest BCUT2D eigenvalue weighted by atomic mass is 35.5. The molecule has 0 spiro atoms. The first kappa shape index (κ1) is 11.6. The van der Waals surface area contributed by atoms with Crippen molar-refractivity contribution in [1.82, 2.24) is 4.98 Å². The summed E-state index contributed by atoms with van der Waals surface area (Å²) in [6.45, 7) is 0.784. The van der Waals surface area contributed by atoms with Crippen molar-refractivity contribution in [3.63, 3.8) is 0 Å². The third-order valence-corrected chi connectivity index (χ3v) is 3.48. The first-order chi connectivity index (χ1) is 8.74. The maximum Gasteiger partial charge on any atom is 0.131 e. The minimum Gasteiger partial charge on any atom is -0.343 e. The molecular formula is C14H10Cl2N2. The Morgan fingerprint density at radius 2 is 2.06 bits per heavy atom. The Labute approximate surface area is 115 Å². The van der Waals surface area contributed by atoms with Crippen LogP contribution in [0, 0.1) is 0 Å². The van der Waals surface area contributed by atoms with E-state index < -0.39 is 0 Å². The molecule has 0 fully saturated rings. The van der Waals surface area contributed by atoms with Crippen molar-refractivity contribution in [2.45, 2.75) is 6.54 Å². The van der Waals surface area contributed by atoms with Crippen LogP contribution in [-0.4, -0.2) is 4.98 Å². The third kappa shape index (κ3) is 2.09. The van der Waals surface area contributed by atoms with Gasteiger partial charge in [-0.1, -0.05) is 35.3 Å². The van der Waals surface area contributed by atoms with E-state index in [-0.39, 0.29) is 0 Å². The van der Waals surface area contributed by atoms with Gasteiger partial charge in [0.25, 0.3) is 0 Å². The van der Waals surface area contributed by atoms with E-state index in [9.17, 15) is 0 Å². The second-order valence-electron chi connectivity index (χ2n) is 4.09. The average molecular weight is 277 g/mol. The van der Waals surface area contributed by atoms with Gasteiger partial charge in [0.2, 0.25) is 0 Å². The smallest absolute Gasteiger partial charge is 0.131 e. The average Bonchev–Trinajstić information content (AvgIpc) is 2.39. The first-order valence-corrected chi connectivity index (χ1v) is 6.33. The molecule has 0 aliphatic carbocycles. The van der Waals surface area contributed by atoms with Crippen LogP contribution in [0.3, 0.4) is 0 Å². The number of pyridine rings is 1. The van der Waals surface area contributed by atoms with Gasteiger partial charge in [0.1, 0.15) is 5.15 Å². The lowest BCUT2D eigenvalue weighted by atomic mass is 10.0. The number of rotatable bonds is 1. The minimum atomic E-state index is 0.498. The number of halogens is 2. The molecule has 90 valence electrons.